The number of benzene rings is 2. The number of hydrogen-bond donors (Lipinski definition) is 3. The third-order valence-corrected chi connectivity index (χ3v) is 8.76. The van der Waals surface area contributed by atoms with Crippen molar-refractivity contribution >= 4 is 43.2 Å². The second-order valence-electron chi connectivity index (χ2n) is 9.33. The lowest BCUT2D eigenvalue weighted by Crippen LogP contribution is -2.40. The van der Waals surface area contributed by atoms with Gasteiger partial charge in [-0.3, -0.25) is 4.98 Å². The van der Waals surface area contributed by atoms with Crippen molar-refractivity contribution in [3.05, 3.63) is 87.9 Å². The summed E-state index contributed by atoms with van der Waals surface area (Å²) in [7, 11) is -3.74. The number of pyridine rings is 1. The third kappa shape index (κ3) is 5.43. The molecule has 1 fully saturated rings. The second kappa shape index (κ2) is 9.28. The van der Waals surface area contributed by atoms with E-state index in [-0.39, 0.29) is 6.04 Å². The summed E-state index contributed by atoms with van der Waals surface area (Å²) in [6, 6.07) is 18.2. The highest BCUT2D eigenvalue weighted by Gasteiger charge is 2.31. The van der Waals surface area contributed by atoms with Gasteiger partial charge in [0.15, 0.2) is 0 Å². The predicted octanol–water partition coefficient (Wildman–Crippen LogP) is 5.52. The highest BCUT2D eigenvalue weighted by molar-refractivity contribution is 7.87. The van der Waals surface area contributed by atoms with E-state index < -0.39 is 21.9 Å². The van der Waals surface area contributed by atoms with Crippen LogP contribution in [0.4, 0.5) is 0 Å². The lowest BCUT2D eigenvalue weighted by atomic mass is 9.97. The monoisotopic (exact) mass is 527 g/mol. The van der Waals surface area contributed by atoms with E-state index in [9.17, 15) is 13.5 Å². The maximum Gasteiger partial charge on any atom is 0.278 e. The number of thiophene rings is 1. The molecular weight excluding hydrogens is 502 g/mol. The van der Waals surface area contributed by atoms with Crippen LogP contribution >= 0.6 is 22.9 Å². The van der Waals surface area contributed by atoms with Crippen molar-refractivity contribution in [3.63, 3.8) is 0 Å². The molecule has 6 nitrogen and oxygen atoms in total. The summed E-state index contributed by atoms with van der Waals surface area (Å²) in [6.07, 6.45) is 3.39. The van der Waals surface area contributed by atoms with Crippen molar-refractivity contribution in [2.45, 2.75) is 44.4 Å². The average molecular weight is 528 g/mol. The summed E-state index contributed by atoms with van der Waals surface area (Å²) in [5, 5.41) is 11.9. The van der Waals surface area contributed by atoms with Crippen LogP contribution in [-0.2, 0) is 15.8 Å². The topological polar surface area (TPSA) is 91.3 Å². The number of nitrogens with one attached hydrogen (secondary N) is 2. The molecule has 4 aromatic rings. The first kappa shape index (κ1) is 24.4. The first-order valence-electron chi connectivity index (χ1n) is 11.4. The van der Waals surface area contributed by atoms with Gasteiger partial charge in [-0.15, -0.1) is 11.3 Å². The van der Waals surface area contributed by atoms with Crippen LogP contribution in [0, 0.1) is 0 Å². The molecule has 0 bridgehead atoms. The van der Waals surface area contributed by atoms with Gasteiger partial charge in [0.2, 0.25) is 0 Å². The van der Waals surface area contributed by atoms with Gasteiger partial charge < -0.3 is 5.11 Å². The Bertz CT molecular complexity index is 1490. The van der Waals surface area contributed by atoms with Gasteiger partial charge >= 0.3 is 0 Å². The predicted molar refractivity (Wildman–Crippen MR) is 142 cm³/mol. The molecule has 0 saturated heterocycles. The zero-order valence-corrected chi connectivity index (χ0v) is 21.7. The summed E-state index contributed by atoms with van der Waals surface area (Å²) in [6.45, 7) is 3.48. The van der Waals surface area contributed by atoms with Crippen LogP contribution in [0.25, 0.3) is 21.3 Å². The van der Waals surface area contributed by atoms with Gasteiger partial charge in [-0.1, -0.05) is 48.0 Å². The molecule has 2 aromatic carbocycles. The summed E-state index contributed by atoms with van der Waals surface area (Å²) in [5.74, 6) is 0. The summed E-state index contributed by atoms with van der Waals surface area (Å²) < 4.78 is 32.3. The van der Waals surface area contributed by atoms with Gasteiger partial charge in [0.05, 0.1) is 17.3 Å². The Morgan fingerprint density at radius 1 is 1.11 bits per heavy atom. The van der Waals surface area contributed by atoms with Crippen molar-refractivity contribution in [1.29, 1.82) is 0 Å². The van der Waals surface area contributed by atoms with Gasteiger partial charge in [0, 0.05) is 32.4 Å². The summed E-state index contributed by atoms with van der Waals surface area (Å²) in [5.41, 5.74) is 2.12. The molecule has 0 aliphatic heterocycles. The highest BCUT2D eigenvalue weighted by atomic mass is 35.5. The molecular formula is C26H26ClN3O3S2. The molecule has 1 atom stereocenters. The van der Waals surface area contributed by atoms with Crippen LogP contribution in [0.5, 0.6) is 0 Å². The van der Waals surface area contributed by atoms with Gasteiger partial charge in [0.1, 0.15) is 0 Å². The fourth-order valence-electron chi connectivity index (χ4n) is 3.98. The second-order valence-corrected chi connectivity index (χ2v) is 12.3. The SMILES string of the molecule is CC(C)(O)c1ccnc(-c2cccc3cc([C@H](NS(=O)(=O)NC4CC4)c4ccccc4Cl)sc23)c1. The van der Waals surface area contributed by atoms with E-state index in [1.807, 2.05) is 48.5 Å². The summed E-state index contributed by atoms with van der Waals surface area (Å²) in [4.78, 5) is 5.37. The van der Waals surface area contributed by atoms with E-state index in [2.05, 4.69) is 14.4 Å². The van der Waals surface area contributed by atoms with Gasteiger partial charge in [-0.25, -0.2) is 0 Å². The Hall–Kier alpha value is -2.33. The zero-order chi connectivity index (χ0) is 24.8. The highest BCUT2D eigenvalue weighted by Crippen LogP contribution is 2.40. The molecule has 182 valence electrons. The minimum atomic E-state index is -3.74. The normalized spacial score (nSPS) is 15.4. The molecule has 9 heteroatoms. The van der Waals surface area contributed by atoms with Crippen LogP contribution in [0.2, 0.25) is 5.02 Å². The summed E-state index contributed by atoms with van der Waals surface area (Å²) >= 11 is 8.02. The molecule has 0 radical (unpaired) electrons. The lowest BCUT2D eigenvalue weighted by molar-refractivity contribution is 0.0785. The molecule has 35 heavy (non-hydrogen) atoms. The maximum absolute atomic E-state index is 12.9. The number of nitrogens with zero attached hydrogens (tertiary/aromatic N) is 1. The van der Waals surface area contributed by atoms with E-state index in [4.69, 9.17) is 11.6 Å². The lowest BCUT2D eigenvalue weighted by Gasteiger charge is -2.19. The van der Waals surface area contributed by atoms with Crippen LogP contribution in [-0.4, -0.2) is 24.6 Å². The molecule has 2 aromatic heterocycles. The minimum Gasteiger partial charge on any atom is -0.386 e. The minimum absolute atomic E-state index is 0.0115. The smallest absolute Gasteiger partial charge is 0.278 e. The molecule has 5 rings (SSSR count). The number of rotatable bonds is 8. The number of aromatic nitrogens is 1. The Morgan fingerprint density at radius 3 is 2.60 bits per heavy atom. The quantitative estimate of drug-likeness (QED) is 0.281. The van der Waals surface area contributed by atoms with Gasteiger partial charge in [-0.2, -0.15) is 17.9 Å². The Labute approximate surface area is 214 Å². The Kier molecular flexibility index (Phi) is 6.46. The van der Waals surface area contributed by atoms with Crippen LogP contribution in [0.3, 0.4) is 0 Å². The van der Waals surface area contributed by atoms with E-state index in [1.165, 1.54) is 11.3 Å². The van der Waals surface area contributed by atoms with Crippen molar-refractivity contribution in [3.8, 4) is 11.3 Å². The zero-order valence-electron chi connectivity index (χ0n) is 19.3. The van der Waals surface area contributed by atoms with E-state index >= 15 is 0 Å². The van der Waals surface area contributed by atoms with E-state index in [0.29, 0.717) is 10.6 Å². The number of hydrogen-bond acceptors (Lipinski definition) is 5. The molecule has 2 heterocycles. The van der Waals surface area contributed by atoms with Crippen LogP contribution in [0.1, 0.15) is 48.7 Å². The Morgan fingerprint density at radius 2 is 1.89 bits per heavy atom. The first-order valence-corrected chi connectivity index (χ1v) is 14.0. The fourth-order valence-corrected chi connectivity index (χ4v) is 6.86. The van der Waals surface area contributed by atoms with Gasteiger partial charge in [-0.05, 0) is 67.5 Å². The van der Waals surface area contributed by atoms with Crippen LogP contribution in [0.15, 0.2) is 66.9 Å². The van der Waals surface area contributed by atoms with E-state index in [0.717, 1.165) is 44.6 Å². The third-order valence-electron chi connectivity index (χ3n) is 5.98. The molecule has 0 spiro atoms. The molecule has 0 amide bonds. The standard InChI is InChI=1S/C26H26ClN3O3S2/c1-26(2,31)17-12-13-28-22(15-17)20-8-5-6-16-14-23(34-25(16)20)24(19-7-3-4-9-21(19)27)30-35(32,33)29-18-10-11-18/h3-9,12-15,18,24,29-31H,10-11H2,1-2H3/t24-/m1/s1. The van der Waals surface area contributed by atoms with Crippen molar-refractivity contribution < 1.29 is 13.5 Å². The molecule has 3 N–H and O–H groups in total. The van der Waals surface area contributed by atoms with Gasteiger partial charge in [0.25, 0.3) is 10.2 Å². The molecule has 1 aliphatic rings. The largest absolute Gasteiger partial charge is 0.386 e. The Balaban J connectivity index is 1.61. The molecule has 1 aliphatic carbocycles. The number of halogens is 1. The van der Waals surface area contributed by atoms with Crippen molar-refractivity contribution in [1.82, 2.24) is 14.4 Å². The van der Waals surface area contributed by atoms with Crippen molar-refractivity contribution in [2.75, 3.05) is 0 Å². The number of fused-ring (bicyclic) bond motifs is 1. The maximum atomic E-state index is 12.9. The average Bonchev–Trinajstić information content (AvgIpc) is 3.50. The molecule has 1 saturated carbocycles. The van der Waals surface area contributed by atoms with E-state index in [1.54, 1.807) is 32.2 Å². The first-order chi connectivity index (χ1) is 16.6. The van der Waals surface area contributed by atoms with Crippen LogP contribution < -0.4 is 9.44 Å². The number of aliphatic hydroxyl groups is 1. The van der Waals surface area contributed by atoms with Crippen molar-refractivity contribution in [2.24, 2.45) is 0 Å². The fraction of sp³-hybridized carbons (Fsp3) is 0.269. The molecule has 0 unspecified atom stereocenters.